The summed E-state index contributed by atoms with van der Waals surface area (Å²) in [5, 5.41) is 2.95. The van der Waals surface area contributed by atoms with E-state index in [0.717, 1.165) is 37.7 Å². The van der Waals surface area contributed by atoms with Crippen LogP contribution in [0.4, 0.5) is 10.5 Å². The van der Waals surface area contributed by atoms with Crippen molar-refractivity contribution < 1.29 is 9.59 Å². The smallest absolute Gasteiger partial charge is 0.321 e. The molecule has 4 rings (SSSR count). The van der Waals surface area contributed by atoms with Crippen molar-refractivity contribution in [1.29, 1.82) is 0 Å². The molecule has 1 aromatic rings. The maximum Gasteiger partial charge on any atom is 0.321 e. The first-order valence-electron chi connectivity index (χ1n) is 10.3. The Morgan fingerprint density at radius 1 is 0.852 bits per heavy atom. The molecule has 1 aliphatic carbocycles. The number of carbonyl (C=O) groups excluding carboxylic acids is 2. The Morgan fingerprint density at radius 3 is 2.04 bits per heavy atom. The van der Waals surface area contributed by atoms with Gasteiger partial charge in [-0.15, -0.1) is 0 Å². The molecule has 3 fully saturated rings. The number of urea groups is 1. The fraction of sp³-hybridized carbons (Fsp3) is 0.619. The van der Waals surface area contributed by atoms with Crippen molar-refractivity contribution in [3.8, 4) is 0 Å². The van der Waals surface area contributed by atoms with Crippen LogP contribution >= 0.6 is 0 Å². The topological polar surface area (TPSA) is 55.9 Å². The number of aryl methyl sites for hydroxylation is 1. The van der Waals surface area contributed by atoms with Crippen LogP contribution < -0.4 is 5.32 Å². The zero-order valence-corrected chi connectivity index (χ0v) is 16.2. The standard InChI is InChI=1S/C21H30N4O2/c1-16-2-4-18(5-3-16)22-21(27)25-14-12-24(13-15-25)20(26)17-8-10-23(11-9-17)19-6-7-19/h2-5,17,19H,6-15H2,1H3,(H,22,27). The minimum Gasteiger partial charge on any atom is -0.339 e. The van der Waals surface area contributed by atoms with E-state index in [-0.39, 0.29) is 11.9 Å². The van der Waals surface area contributed by atoms with Crippen molar-refractivity contribution in [2.24, 2.45) is 5.92 Å². The van der Waals surface area contributed by atoms with Gasteiger partial charge in [-0.3, -0.25) is 4.79 Å². The zero-order chi connectivity index (χ0) is 18.8. The van der Waals surface area contributed by atoms with Crippen molar-refractivity contribution in [3.05, 3.63) is 29.8 Å². The van der Waals surface area contributed by atoms with Gasteiger partial charge in [0.15, 0.2) is 0 Å². The molecule has 2 saturated heterocycles. The fourth-order valence-corrected chi connectivity index (χ4v) is 4.18. The number of carbonyl (C=O) groups is 2. The number of benzene rings is 1. The zero-order valence-electron chi connectivity index (χ0n) is 16.2. The number of piperazine rings is 1. The summed E-state index contributed by atoms with van der Waals surface area (Å²) >= 11 is 0. The van der Waals surface area contributed by atoms with E-state index in [9.17, 15) is 9.59 Å². The lowest BCUT2D eigenvalue weighted by Gasteiger charge is -2.38. The van der Waals surface area contributed by atoms with Crippen LogP contribution in [0.15, 0.2) is 24.3 Å². The number of likely N-dealkylation sites (tertiary alicyclic amines) is 1. The fourth-order valence-electron chi connectivity index (χ4n) is 4.18. The van der Waals surface area contributed by atoms with Gasteiger partial charge in [0.25, 0.3) is 0 Å². The summed E-state index contributed by atoms with van der Waals surface area (Å²) in [6, 6.07) is 8.53. The van der Waals surface area contributed by atoms with E-state index in [4.69, 9.17) is 0 Å². The number of rotatable bonds is 3. The minimum atomic E-state index is -0.0799. The van der Waals surface area contributed by atoms with Gasteiger partial charge in [0.05, 0.1) is 0 Å². The van der Waals surface area contributed by atoms with Crippen LogP contribution in [0.3, 0.4) is 0 Å². The molecule has 3 aliphatic rings. The van der Waals surface area contributed by atoms with Gasteiger partial charge in [0.2, 0.25) is 5.91 Å². The van der Waals surface area contributed by atoms with E-state index < -0.39 is 0 Å². The molecule has 0 atom stereocenters. The molecule has 0 bridgehead atoms. The highest BCUT2D eigenvalue weighted by Gasteiger charge is 2.35. The molecule has 1 aromatic carbocycles. The van der Waals surface area contributed by atoms with Gasteiger partial charge >= 0.3 is 6.03 Å². The van der Waals surface area contributed by atoms with E-state index >= 15 is 0 Å². The molecule has 0 spiro atoms. The molecule has 0 radical (unpaired) electrons. The van der Waals surface area contributed by atoms with Gasteiger partial charge in [-0.25, -0.2) is 4.79 Å². The predicted molar refractivity (Wildman–Crippen MR) is 106 cm³/mol. The van der Waals surface area contributed by atoms with Crippen molar-refractivity contribution in [2.75, 3.05) is 44.6 Å². The van der Waals surface area contributed by atoms with Crippen molar-refractivity contribution in [1.82, 2.24) is 14.7 Å². The molecular weight excluding hydrogens is 340 g/mol. The molecule has 0 unspecified atom stereocenters. The van der Waals surface area contributed by atoms with E-state index in [2.05, 4.69) is 10.2 Å². The third-order valence-electron chi connectivity index (χ3n) is 6.12. The Bertz CT molecular complexity index is 670. The highest BCUT2D eigenvalue weighted by atomic mass is 16.2. The maximum absolute atomic E-state index is 12.8. The summed E-state index contributed by atoms with van der Waals surface area (Å²) in [6.07, 6.45) is 4.66. The average Bonchev–Trinajstić information content (AvgIpc) is 3.55. The number of anilines is 1. The molecule has 6 nitrogen and oxygen atoms in total. The summed E-state index contributed by atoms with van der Waals surface area (Å²) in [6.45, 7) is 6.65. The molecule has 146 valence electrons. The normalized spacial score (nSPS) is 22.0. The van der Waals surface area contributed by atoms with Crippen LogP contribution in [-0.4, -0.2) is 71.9 Å². The van der Waals surface area contributed by atoms with Crippen molar-refractivity contribution in [3.63, 3.8) is 0 Å². The van der Waals surface area contributed by atoms with Gasteiger partial charge in [-0.1, -0.05) is 17.7 Å². The number of nitrogens with one attached hydrogen (secondary N) is 1. The largest absolute Gasteiger partial charge is 0.339 e. The molecule has 2 heterocycles. The Labute approximate surface area is 161 Å². The van der Waals surface area contributed by atoms with Gasteiger partial charge in [0.1, 0.15) is 0 Å². The van der Waals surface area contributed by atoms with Crippen LogP contribution in [0.2, 0.25) is 0 Å². The second kappa shape index (κ2) is 7.89. The highest BCUT2D eigenvalue weighted by molar-refractivity contribution is 5.89. The third kappa shape index (κ3) is 4.43. The van der Waals surface area contributed by atoms with Crippen LogP contribution in [0.1, 0.15) is 31.2 Å². The van der Waals surface area contributed by atoms with Gasteiger partial charge in [-0.05, 0) is 57.8 Å². The third-order valence-corrected chi connectivity index (χ3v) is 6.12. The van der Waals surface area contributed by atoms with Gasteiger partial charge < -0.3 is 20.0 Å². The minimum absolute atomic E-state index is 0.0799. The van der Waals surface area contributed by atoms with Crippen molar-refractivity contribution >= 4 is 17.6 Å². The number of amides is 3. The highest BCUT2D eigenvalue weighted by Crippen LogP contribution is 2.31. The summed E-state index contributed by atoms with van der Waals surface area (Å²) in [5.74, 6) is 0.469. The van der Waals surface area contributed by atoms with Gasteiger partial charge in [-0.2, -0.15) is 0 Å². The first kappa shape index (κ1) is 18.3. The molecule has 3 amide bonds. The van der Waals surface area contributed by atoms with E-state index in [0.29, 0.717) is 32.1 Å². The predicted octanol–water partition coefficient (Wildman–Crippen LogP) is 2.55. The summed E-state index contributed by atoms with van der Waals surface area (Å²) in [5.41, 5.74) is 1.98. The Kier molecular flexibility index (Phi) is 5.34. The quantitative estimate of drug-likeness (QED) is 0.890. The number of piperidine rings is 1. The average molecular weight is 370 g/mol. The molecule has 2 aliphatic heterocycles. The first-order valence-corrected chi connectivity index (χ1v) is 10.3. The second-order valence-electron chi connectivity index (χ2n) is 8.15. The Morgan fingerprint density at radius 2 is 1.44 bits per heavy atom. The summed E-state index contributed by atoms with van der Waals surface area (Å²) in [4.78, 5) is 31.6. The second-order valence-corrected chi connectivity index (χ2v) is 8.15. The summed E-state index contributed by atoms with van der Waals surface area (Å²) < 4.78 is 0. The van der Waals surface area contributed by atoms with Crippen LogP contribution in [0, 0.1) is 12.8 Å². The number of nitrogens with zero attached hydrogens (tertiary/aromatic N) is 3. The lowest BCUT2D eigenvalue weighted by atomic mass is 9.95. The van der Waals surface area contributed by atoms with E-state index in [1.807, 2.05) is 36.1 Å². The lowest BCUT2D eigenvalue weighted by Crippen LogP contribution is -2.53. The van der Waals surface area contributed by atoms with E-state index in [1.165, 1.54) is 18.4 Å². The molecule has 1 saturated carbocycles. The maximum atomic E-state index is 12.8. The summed E-state index contributed by atoms with van der Waals surface area (Å²) in [7, 11) is 0. The van der Waals surface area contributed by atoms with Crippen LogP contribution in [-0.2, 0) is 4.79 Å². The molecule has 1 N–H and O–H groups in total. The Hall–Kier alpha value is -2.08. The van der Waals surface area contributed by atoms with Crippen LogP contribution in [0.25, 0.3) is 0 Å². The molecule has 0 aromatic heterocycles. The number of hydrogen-bond acceptors (Lipinski definition) is 3. The molecule has 27 heavy (non-hydrogen) atoms. The monoisotopic (exact) mass is 370 g/mol. The molecule has 6 heteroatoms. The van der Waals surface area contributed by atoms with Crippen molar-refractivity contribution in [2.45, 2.75) is 38.6 Å². The van der Waals surface area contributed by atoms with Crippen LogP contribution in [0.5, 0.6) is 0 Å². The Balaban J connectivity index is 1.22. The number of hydrogen-bond donors (Lipinski definition) is 1. The van der Waals surface area contributed by atoms with E-state index in [1.54, 1.807) is 4.90 Å². The molecular formula is C21H30N4O2. The SMILES string of the molecule is Cc1ccc(NC(=O)N2CCN(C(=O)C3CCN(C4CC4)CC3)CC2)cc1. The van der Waals surface area contributed by atoms with Gasteiger partial charge in [0, 0.05) is 43.8 Å². The first-order chi connectivity index (χ1) is 13.1. The lowest BCUT2D eigenvalue weighted by molar-refractivity contribution is -0.138.